The molecule has 1 saturated heterocycles. The minimum Gasteiger partial charge on any atom is -0.379 e. The van der Waals surface area contributed by atoms with E-state index in [1.807, 2.05) is 17.7 Å². The molecule has 3 heterocycles. The third kappa shape index (κ3) is 5.00. The number of carbonyl (C=O) groups is 1. The molecule has 0 radical (unpaired) electrons. The Morgan fingerprint density at radius 3 is 2.58 bits per heavy atom. The molecule has 1 aliphatic rings. The smallest absolute Gasteiger partial charge is 0.261 e. The van der Waals surface area contributed by atoms with E-state index >= 15 is 0 Å². The number of morpholine rings is 1. The number of fused-ring (bicyclic) bond motifs is 1. The average molecular weight is 441 g/mol. The zero-order valence-corrected chi connectivity index (χ0v) is 19.7. The van der Waals surface area contributed by atoms with Crippen molar-refractivity contribution in [2.24, 2.45) is 5.92 Å². The second-order valence-electron chi connectivity index (χ2n) is 8.73. The van der Waals surface area contributed by atoms with Gasteiger partial charge in [-0.15, -0.1) is 11.3 Å². The first kappa shape index (κ1) is 22.0. The van der Waals surface area contributed by atoms with Crippen LogP contribution in [0.25, 0.3) is 10.2 Å². The summed E-state index contributed by atoms with van der Waals surface area (Å²) < 4.78 is 7.50. The molecule has 4 rings (SSSR count). The van der Waals surface area contributed by atoms with Crippen LogP contribution in [0.3, 0.4) is 0 Å². The van der Waals surface area contributed by atoms with Crippen molar-refractivity contribution in [2.45, 2.75) is 40.3 Å². The van der Waals surface area contributed by atoms with Crippen LogP contribution in [0.4, 0.5) is 0 Å². The summed E-state index contributed by atoms with van der Waals surface area (Å²) in [6.45, 7) is 13.3. The molecule has 3 aromatic rings. The molecule has 1 N–H and O–H groups in total. The fourth-order valence-electron chi connectivity index (χ4n) is 4.18. The Kier molecular flexibility index (Phi) is 6.74. The molecule has 31 heavy (non-hydrogen) atoms. The number of nitrogens with zero attached hydrogens (tertiary/aromatic N) is 3. The molecule has 2 aromatic heterocycles. The normalized spacial score (nSPS) is 16.2. The van der Waals surface area contributed by atoms with E-state index in [9.17, 15) is 4.79 Å². The van der Waals surface area contributed by atoms with Crippen LogP contribution in [-0.4, -0.2) is 59.5 Å². The van der Waals surface area contributed by atoms with Crippen LogP contribution in [0, 0.1) is 19.8 Å². The zero-order chi connectivity index (χ0) is 22.0. The number of nitrogens with one attached hydrogen (secondary N) is 1. The minimum atomic E-state index is 0.00129. The van der Waals surface area contributed by atoms with Gasteiger partial charge in [-0.2, -0.15) is 5.10 Å². The van der Waals surface area contributed by atoms with Gasteiger partial charge in [-0.3, -0.25) is 14.4 Å². The van der Waals surface area contributed by atoms with Crippen molar-refractivity contribution in [3.05, 3.63) is 52.0 Å². The zero-order valence-electron chi connectivity index (χ0n) is 18.9. The number of amides is 1. The highest BCUT2D eigenvalue weighted by Gasteiger charge is 2.25. The van der Waals surface area contributed by atoms with Gasteiger partial charge < -0.3 is 10.1 Å². The first-order valence-corrected chi connectivity index (χ1v) is 11.9. The average Bonchev–Trinajstić information content (AvgIpc) is 3.32. The quantitative estimate of drug-likeness (QED) is 0.606. The summed E-state index contributed by atoms with van der Waals surface area (Å²) in [7, 11) is 0. The van der Waals surface area contributed by atoms with Crippen LogP contribution in [0.1, 0.15) is 40.3 Å². The molecule has 0 unspecified atom stereocenters. The number of aryl methyl sites for hydroxylation is 2. The van der Waals surface area contributed by atoms with Crippen LogP contribution in [-0.2, 0) is 11.3 Å². The van der Waals surface area contributed by atoms with E-state index in [1.165, 1.54) is 22.5 Å². The summed E-state index contributed by atoms with van der Waals surface area (Å²) in [6.07, 6.45) is 0. The number of ether oxygens (including phenoxy) is 1. The van der Waals surface area contributed by atoms with Gasteiger partial charge in [0, 0.05) is 31.1 Å². The van der Waals surface area contributed by atoms with Crippen molar-refractivity contribution < 1.29 is 9.53 Å². The van der Waals surface area contributed by atoms with Gasteiger partial charge in [-0.1, -0.05) is 43.7 Å². The lowest BCUT2D eigenvalue weighted by molar-refractivity contribution is 0.00674. The lowest BCUT2D eigenvalue weighted by atomic mass is 10.0. The number of thiophene rings is 1. The van der Waals surface area contributed by atoms with Crippen LogP contribution in [0.2, 0.25) is 0 Å². The molecule has 1 aliphatic heterocycles. The van der Waals surface area contributed by atoms with Gasteiger partial charge in [0.25, 0.3) is 5.91 Å². The SMILES string of the molecule is Cc1ccc(Cn2nc(C)c3cc(C(=O)NC[C@@H](C(C)C)N4CCOCC4)sc32)cc1. The largest absolute Gasteiger partial charge is 0.379 e. The van der Waals surface area contributed by atoms with Crippen molar-refractivity contribution in [2.75, 3.05) is 32.8 Å². The summed E-state index contributed by atoms with van der Waals surface area (Å²) in [6, 6.07) is 10.8. The maximum Gasteiger partial charge on any atom is 0.261 e. The monoisotopic (exact) mass is 440 g/mol. The second kappa shape index (κ2) is 9.51. The molecule has 1 aromatic carbocycles. The van der Waals surface area contributed by atoms with Crippen molar-refractivity contribution in [3.8, 4) is 0 Å². The predicted molar refractivity (Wildman–Crippen MR) is 126 cm³/mol. The van der Waals surface area contributed by atoms with Crippen LogP contribution in [0.15, 0.2) is 30.3 Å². The van der Waals surface area contributed by atoms with E-state index in [1.54, 1.807) is 0 Å². The maximum atomic E-state index is 13.0. The summed E-state index contributed by atoms with van der Waals surface area (Å²) in [5.74, 6) is 0.465. The highest BCUT2D eigenvalue weighted by atomic mass is 32.1. The summed E-state index contributed by atoms with van der Waals surface area (Å²) in [4.78, 5) is 17.2. The molecule has 166 valence electrons. The fraction of sp³-hybridized carbons (Fsp3) is 0.500. The second-order valence-corrected chi connectivity index (χ2v) is 9.76. The maximum absolute atomic E-state index is 13.0. The standard InChI is InChI=1S/C24H32N4O2S/c1-16(2)21(27-9-11-30-12-10-27)14-25-23(29)22-13-20-18(4)26-28(24(20)31-22)15-19-7-5-17(3)6-8-19/h5-8,13,16,21H,9-12,14-15H2,1-4H3,(H,25,29)/t21-/m0/s1. The summed E-state index contributed by atoms with van der Waals surface area (Å²) in [5, 5.41) is 8.95. The Morgan fingerprint density at radius 2 is 1.90 bits per heavy atom. The first-order chi connectivity index (χ1) is 14.9. The van der Waals surface area contributed by atoms with E-state index < -0.39 is 0 Å². The number of aromatic nitrogens is 2. The first-order valence-electron chi connectivity index (χ1n) is 11.0. The lowest BCUT2D eigenvalue weighted by Crippen LogP contribution is -2.51. The van der Waals surface area contributed by atoms with E-state index in [4.69, 9.17) is 9.84 Å². The molecule has 0 bridgehead atoms. The molecule has 1 amide bonds. The lowest BCUT2D eigenvalue weighted by Gasteiger charge is -2.36. The Morgan fingerprint density at radius 1 is 1.19 bits per heavy atom. The number of hydrogen-bond acceptors (Lipinski definition) is 5. The molecular weight excluding hydrogens is 408 g/mol. The Labute approximate surface area is 188 Å². The molecule has 7 heteroatoms. The highest BCUT2D eigenvalue weighted by molar-refractivity contribution is 7.20. The van der Waals surface area contributed by atoms with E-state index in [0.717, 1.165) is 47.1 Å². The Bertz CT molecular complexity index is 1030. The van der Waals surface area contributed by atoms with Gasteiger partial charge in [0.15, 0.2) is 0 Å². The van der Waals surface area contributed by atoms with Crippen molar-refractivity contribution in [1.82, 2.24) is 20.0 Å². The molecular formula is C24H32N4O2S. The van der Waals surface area contributed by atoms with Gasteiger partial charge >= 0.3 is 0 Å². The van der Waals surface area contributed by atoms with E-state index in [2.05, 4.69) is 55.3 Å². The van der Waals surface area contributed by atoms with Crippen molar-refractivity contribution in [3.63, 3.8) is 0 Å². The summed E-state index contributed by atoms with van der Waals surface area (Å²) in [5.41, 5.74) is 3.42. The van der Waals surface area contributed by atoms with Gasteiger partial charge in [-0.05, 0) is 31.4 Å². The van der Waals surface area contributed by atoms with Gasteiger partial charge in [0.1, 0.15) is 4.83 Å². The predicted octanol–water partition coefficient (Wildman–Crippen LogP) is 3.85. The topological polar surface area (TPSA) is 59.4 Å². The molecule has 0 spiro atoms. The summed E-state index contributed by atoms with van der Waals surface area (Å²) >= 11 is 1.53. The third-order valence-corrected chi connectivity index (χ3v) is 7.19. The molecule has 1 atom stereocenters. The highest BCUT2D eigenvalue weighted by Crippen LogP contribution is 2.29. The third-order valence-electron chi connectivity index (χ3n) is 6.04. The molecule has 0 aliphatic carbocycles. The fourth-order valence-corrected chi connectivity index (χ4v) is 5.26. The molecule has 0 saturated carbocycles. The number of benzene rings is 1. The van der Waals surface area contributed by atoms with Gasteiger partial charge in [0.05, 0.1) is 30.3 Å². The van der Waals surface area contributed by atoms with E-state index in [-0.39, 0.29) is 5.91 Å². The van der Waals surface area contributed by atoms with Gasteiger partial charge in [-0.25, -0.2) is 0 Å². The van der Waals surface area contributed by atoms with Crippen molar-refractivity contribution >= 4 is 27.5 Å². The van der Waals surface area contributed by atoms with Crippen LogP contribution >= 0.6 is 11.3 Å². The van der Waals surface area contributed by atoms with Crippen LogP contribution < -0.4 is 5.32 Å². The van der Waals surface area contributed by atoms with Gasteiger partial charge in [0.2, 0.25) is 0 Å². The Hall–Kier alpha value is -2.22. The Balaban J connectivity index is 1.47. The van der Waals surface area contributed by atoms with Crippen LogP contribution in [0.5, 0.6) is 0 Å². The van der Waals surface area contributed by atoms with Crippen molar-refractivity contribution in [1.29, 1.82) is 0 Å². The number of rotatable bonds is 7. The number of hydrogen-bond donors (Lipinski definition) is 1. The molecule has 6 nitrogen and oxygen atoms in total. The number of carbonyl (C=O) groups excluding carboxylic acids is 1. The van der Waals surface area contributed by atoms with E-state index in [0.29, 0.717) is 25.0 Å². The minimum absolute atomic E-state index is 0.00129. The molecule has 1 fully saturated rings.